The number of halogens is 1. The van der Waals surface area contributed by atoms with E-state index < -0.39 is 4.92 Å². The van der Waals surface area contributed by atoms with Crippen LogP contribution < -0.4 is 0 Å². The Morgan fingerprint density at radius 2 is 2.42 bits per heavy atom. The fourth-order valence-electron chi connectivity index (χ4n) is 0.873. The highest BCUT2D eigenvalue weighted by Crippen LogP contribution is 2.27. The molecule has 0 N–H and O–H groups in total. The Balaban J connectivity index is 3.40. The van der Waals surface area contributed by atoms with E-state index in [0.29, 0.717) is 4.47 Å². The number of nitro groups is 1. The van der Waals surface area contributed by atoms with Gasteiger partial charge in [-0.3, -0.25) is 0 Å². The molecular weight excluding hydrogens is 226 g/mol. The molecule has 0 amide bonds. The third kappa shape index (κ3) is 1.19. The first kappa shape index (κ1) is 8.74. The lowest BCUT2D eigenvalue weighted by molar-refractivity contribution is -0.392. The molecule has 0 spiro atoms. The maximum atomic E-state index is 10.4. The molecule has 0 unspecified atom stereocenters. The van der Waals surface area contributed by atoms with E-state index in [0.717, 1.165) is 0 Å². The average Bonchev–Trinajstić information content (AvgIpc) is 2.25. The second-order valence-corrected chi connectivity index (χ2v) is 2.98. The third-order valence-electron chi connectivity index (χ3n) is 1.44. The Hall–Kier alpha value is -1.35. The molecule has 1 aromatic rings. The minimum atomic E-state index is -0.537. The molecule has 62 valence electrons. The van der Waals surface area contributed by atoms with Gasteiger partial charge in [0.15, 0.2) is 0 Å². The number of hydrogen-bond acceptors (Lipinski definition) is 3. The number of nitrogens with zero attached hydrogens (tertiary/aromatic N) is 3. The van der Waals surface area contributed by atoms with Crippen LogP contribution in [0.15, 0.2) is 10.5 Å². The highest BCUT2D eigenvalue weighted by molar-refractivity contribution is 9.10. The number of aromatic nitrogens is 1. The van der Waals surface area contributed by atoms with Crippen LogP contribution in [0.25, 0.3) is 0 Å². The predicted octanol–water partition coefficient (Wildman–Crippen LogP) is 1.57. The average molecular weight is 230 g/mol. The first-order valence-corrected chi connectivity index (χ1v) is 3.77. The summed E-state index contributed by atoms with van der Waals surface area (Å²) >= 11 is 3.00. The molecule has 1 rings (SSSR count). The molecule has 0 saturated heterocycles. The van der Waals surface area contributed by atoms with Crippen LogP contribution in [0.3, 0.4) is 0 Å². The van der Waals surface area contributed by atoms with Crippen molar-refractivity contribution >= 4 is 21.7 Å². The molecule has 12 heavy (non-hydrogen) atoms. The quantitative estimate of drug-likeness (QED) is 0.542. The maximum absolute atomic E-state index is 10.4. The molecule has 1 heterocycles. The van der Waals surface area contributed by atoms with Gasteiger partial charge in [-0.1, -0.05) is 0 Å². The van der Waals surface area contributed by atoms with Crippen LogP contribution in [0.1, 0.15) is 5.69 Å². The van der Waals surface area contributed by atoms with Crippen LogP contribution in [-0.2, 0) is 7.05 Å². The van der Waals surface area contributed by atoms with Crippen molar-refractivity contribution in [1.82, 2.24) is 4.57 Å². The Morgan fingerprint density at radius 3 is 2.67 bits per heavy atom. The Kier molecular flexibility index (Phi) is 2.15. The van der Waals surface area contributed by atoms with E-state index in [1.54, 1.807) is 0 Å². The molecule has 0 bridgehead atoms. The van der Waals surface area contributed by atoms with E-state index in [1.807, 2.05) is 6.07 Å². The molecule has 6 heteroatoms. The van der Waals surface area contributed by atoms with Crippen molar-refractivity contribution in [2.24, 2.45) is 7.05 Å². The third-order valence-corrected chi connectivity index (χ3v) is 2.03. The first-order chi connectivity index (χ1) is 5.57. The van der Waals surface area contributed by atoms with Gasteiger partial charge in [-0.2, -0.15) is 5.26 Å². The maximum Gasteiger partial charge on any atom is 0.338 e. The minimum absolute atomic E-state index is 0.105. The van der Waals surface area contributed by atoms with Gasteiger partial charge in [-0.15, -0.1) is 0 Å². The van der Waals surface area contributed by atoms with Gasteiger partial charge >= 0.3 is 5.82 Å². The molecule has 0 fully saturated rings. The number of nitriles is 1. The molecule has 0 aliphatic heterocycles. The highest BCUT2D eigenvalue weighted by atomic mass is 79.9. The lowest BCUT2D eigenvalue weighted by atomic mass is 10.5. The van der Waals surface area contributed by atoms with E-state index in [1.165, 1.54) is 17.7 Å². The Morgan fingerprint density at radius 1 is 1.83 bits per heavy atom. The number of hydrogen-bond donors (Lipinski definition) is 0. The van der Waals surface area contributed by atoms with Crippen molar-refractivity contribution in [2.45, 2.75) is 0 Å². The summed E-state index contributed by atoms with van der Waals surface area (Å²) in [6, 6.07) is 3.25. The lowest BCUT2D eigenvalue weighted by Gasteiger charge is -1.94. The normalized spacial score (nSPS) is 9.42. The SMILES string of the molecule is Cn1c(C#N)cc(Br)c1[N+](=O)[O-]. The second kappa shape index (κ2) is 2.95. The van der Waals surface area contributed by atoms with E-state index in [-0.39, 0.29) is 11.5 Å². The summed E-state index contributed by atoms with van der Waals surface area (Å²) in [7, 11) is 1.47. The van der Waals surface area contributed by atoms with E-state index in [2.05, 4.69) is 15.9 Å². The topological polar surface area (TPSA) is 71.9 Å². The van der Waals surface area contributed by atoms with Gasteiger partial charge in [0.1, 0.15) is 10.5 Å². The lowest BCUT2D eigenvalue weighted by Crippen LogP contribution is -1.98. The molecule has 0 aliphatic rings. The van der Waals surface area contributed by atoms with Gasteiger partial charge in [0.25, 0.3) is 0 Å². The Labute approximate surface area is 76.5 Å². The van der Waals surface area contributed by atoms with E-state index in [4.69, 9.17) is 5.26 Å². The van der Waals surface area contributed by atoms with Gasteiger partial charge in [-0.25, -0.2) is 4.57 Å². The monoisotopic (exact) mass is 229 g/mol. The standard InChI is InChI=1S/C6H4BrN3O2/c1-9-4(3-8)2-5(7)6(9)10(11)12/h2H,1H3. The number of rotatable bonds is 1. The molecule has 0 saturated carbocycles. The minimum Gasteiger partial charge on any atom is -0.358 e. The molecule has 0 radical (unpaired) electrons. The van der Waals surface area contributed by atoms with Crippen LogP contribution in [0, 0.1) is 21.4 Å². The van der Waals surface area contributed by atoms with Crippen LogP contribution in [0.4, 0.5) is 5.82 Å². The summed E-state index contributed by atoms with van der Waals surface area (Å²) < 4.78 is 1.55. The van der Waals surface area contributed by atoms with Gasteiger partial charge < -0.3 is 10.1 Å². The van der Waals surface area contributed by atoms with Crippen molar-refractivity contribution in [3.8, 4) is 6.07 Å². The summed E-state index contributed by atoms with van der Waals surface area (Å²) in [4.78, 5) is 9.88. The summed E-state index contributed by atoms with van der Waals surface area (Å²) in [6.45, 7) is 0. The second-order valence-electron chi connectivity index (χ2n) is 2.13. The van der Waals surface area contributed by atoms with E-state index >= 15 is 0 Å². The summed E-state index contributed by atoms with van der Waals surface area (Å²) in [5.74, 6) is -0.105. The predicted molar refractivity (Wildman–Crippen MR) is 44.5 cm³/mol. The van der Waals surface area contributed by atoms with Crippen molar-refractivity contribution in [2.75, 3.05) is 0 Å². The smallest absolute Gasteiger partial charge is 0.338 e. The largest absolute Gasteiger partial charge is 0.358 e. The summed E-state index contributed by atoms with van der Waals surface area (Å²) in [5.41, 5.74) is 0.258. The van der Waals surface area contributed by atoms with Crippen molar-refractivity contribution in [3.63, 3.8) is 0 Å². The molecule has 1 aromatic heterocycles. The molecule has 0 aromatic carbocycles. The van der Waals surface area contributed by atoms with Crippen molar-refractivity contribution in [1.29, 1.82) is 5.26 Å². The van der Waals surface area contributed by atoms with Crippen LogP contribution in [0.2, 0.25) is 0 Å². The van der Waals surface area contributed by atoms with Crippen molar-refractivity contribution < 1.29 is 4.92 Å². The van der Waals surface area contributed by atoms with Gasteiger partial charge in [-0.05, 0) is 20.9 Å². The molecule has 0 atom stereocenters. The van der Waals surface area contributed by atoms with Crippen LogP contribution in [-0.4, -0.2) is 9.49 Å². The molecular formula is C6H4BrN3O2. The van der Waals surface area contributed by atoms with E-state index in [9.17, 15) is 10.1 Å². The van der Waals surface area contributed by atoms with Gasteiger partial charge in [0.05, 0.1) is 7.05 Å². The fourth-order valence-corrected chi connectivity index (χ4v) is 1.50. The zero-order valence-electron chi connectivity index (χ0n) is 6.11. The van der Waals surface area contributed by atoms with Crippen LogP contribution >= 0.6 is 15.9 Å². The summed E-state index contributed by atoms with van der Waals surface area (Å²) in [6.07, 6.45) is 0. The Bertz CT molecular complexity index is 377. The zero-order chi connectivity index (χ0) is 9.30. The van der Waals surface area contributed by atoms with Crippen LogP contribution in [0.5, 0.6) is 0 Å². The highest BCUT2D eigenvalue weighted by Gasteiger charge is 2.20. The first-order valence-electron chi connectivity index (χ1n) is 2.97. The summed E-state index contributed by atoms with van der Waals surface area (Å²) in [5, 5.41) is 18.9. The molecule has 0 aliphatic carbocycles. The fraction of sp³-hybridized carbons (Fsp3) is 0.167. The van der Waals surface area contributed by atoms with Gasteiger partial charge in [0, 0.05) is 6.07 Å². The van der Waals surface area contributed by atoms with Crippen molar-refractivity contribution in [3.05, 3.63) is 26.3 Å². The van der Waals surface area contributed by atoms with Gasteiger partial charge in [0.2, 0.25) is 5.69 Å². The zero-order valence-corrected chi connectivity index (χ0v) is 7.70. The molecule has 5 nitrogen and oxygen atoms in total.